The van der Waals surface area contributed by atoms with Gasteiger partial charge in [-0.1, -0.05) is 6.07 Å². The average molecular weight is 323 g/mol. The van der Waals surface area contributed by atoms with Gasteiger partial charge in [0.1, 0.15) is 5.54 Å². The highest BCUT2D eigenvalue weighted by Gasteiger charge is 2.65. The molecule has 0 radical (unpaired) electrons. The molecule has 1 aliphatic carbocycles. The lowest BCUT2D eigenvalue weighted by atomic mass is 10.1. The Hall–Kier alpha value is -1.12. The van der Waals surface area contributed by atoms with Crippen molar-refractivity contribution in [2.45, 2.75) is 49.9 Å². The van der Waals surface area contributed by atoms with Crippen LogP contribution in [0.5, 0.6) is 0 Å². The molecule has 0 spiro atoms. The van der Waals surface area contributed by atoms with Crippen LogP contribution in [0.3, 0.4) is 0 Å². The Balaban J connectivity index is 2.42. The molecule has 2 N–H and O–H groups in total. The van der Waals surface area contributed by atoms with E-state index in [0.29, 0.717) is 16.7 Å². The summed E-state index contributed by atoms with van der Waals surface area (Å²) in [5, 5.41) is 9.18. The van der Waals surface area contributed by atoms with Crippen LogP contribution in [0.4, 0.5) is 13.2 Å². The molecule has 0 unspecified atom stereocenters. The van der Waals surface area contributed by atoms with Crippen LogP contribution in [0.1, 0.15) is 29.5 Å². The Morgan fingerprint density at radius 3 is 2.24 bits per heavy atom. The zero-order chi connectivity index (χ0) is 16.1. The van der Waals surface area contributed by atoms with E-state index in [1.165, 1.54) is 19.1 Å². The van der Waals surface area contributed by atoms with Gasteiger partial charge in [-0.3, -0.25) is 0 Å². The summed E-state index contributed by atoms with van der Waals surface area (Å²) in [6, 6.07) is 2.76. The summed E-state index contributed by atoms with van der Waals surface area (Å²) in [5.74, 6) is 0. The summed E-state index contributed by atoms with van der Waals surface area (Å²) >= 11 is 0. The first-order valence-electron chi connectivity index (χ1n) is 6.34. The van der Waals surface area contributed by atoms with Gasteiger partial charge in [-0.15, -0.1) is 0 Å². The highest BCUT2D eigenvalue weighted by atomic mass is 32.2. The van der Waals surface area contributed by atoms with Gasteiger partial charge in [-0.05, 0) is 49.4 Å². The van der Waals surface area contributed by atoms with E-state index in [4.69, 9.17) is 0 Å². The van der Waals surface area contributed by atoms with E-state index in [2.05, 4.69) is 0 Å². The zero-order valence-electron chi connectivity index (χ0n) is 11.6. The fraction of sp³-hybridized carbons (Fsp3) is 0.538. The molecule has 1 fully saturated rings. The molecule has 0 atom stereocenters. The second-order valence-electron chi connectivity index (χ2n) is 5.39. The van der Waals surface area contributed by atoms with Crippen molar-refractivity contribution in [2.24, 2.45) is 0 Å². The van der Waals surface area contributed by atoms with Crippen molar-refractivity contribution < 1.29 is 26.7 Å². The van der Waals surface area contributed by atoms with Crippen LogP contribution < -0.4 is 4.72 Å². The number of aryl methyl sites for hydroxylation is 2. The van der Waals surface area contributed by atoms with Gasteiger partial charge >= 0.3 is 6.18 Å². The number of halogens is 3. The Morgan fingerprint density at radius 1 is 1.24 bits per heavy atom. The fourth-order valence-electron chi connectivity index (χ4n) is 2.21. The molecule has 1 aromatic carbocycles. The van der Waals surface area contributed by atoms with Gasteiger partial charge in [0.2, 0.25) is 10.0 Å². The Bertz CT molecular complexity index is 664. The molecule has 1 saturated carbocycles. The minimum Gasteiger partial charge on any atom is -0.392 e. The Kier molecular flexibility index (Phi) is 3.84. The molecule has 0 aliphatic heterocycles. The topological polar surface area (TPSA) is 66.4 Å². The monoisotopic (exact) mass is 323 g/mol. The summed E-state index contributed by atoms with van der Waals surface area (Å²) < 4.78 is 64.9. The maximum Gasteiger partial charge on any atom is 0.407 e. The van der Waals surface area contributed by atoms with Crippen LogP contribution in [0.25, 0.3) is 0 Å². The van der Waals surface area contributed by atoms with Crippen molar-refractivity contribution in [1.82, 2.24) is 4.72 Å². The zero-order valence-corrected chi connectivity index (χ0v) is 12.4. The van der Waals surface area contributed by atoms with E-state index in [0.717, 1.165) is 0 Å². The molecular formula is C13H16F3NO3S. The molecule has 8 heteroatoms. The lowest BCUT2D eigenvalue weighted by molar-refractivity contribution is -0.160. The number of alkyl halides is 3. The molecule has 118 valence electrons. The van der Waals surface area contributed by atoms with E-state index < -0.39 is 21.7 Å². The molecule has 2 rings (SSSR count). The molecule has 21 heavy (non-hydrogen) atoms. The van der Waals surface area contributed by atoms with Gasteiger partial charge in [0.05, 0.1) is 11.5 Å². The number of aliphatic hydroxyl groups excluding tert-OH is 1. The fourth-order valence-corrected chi connectivity index (χ4v) is 3.94. The number of aliphatic hydroxyl groups is 1. The summed E-state index contributed by atoms with van der Waals surface area (Å²) in [6.45, 7) is 2.83. The van der Waals surface area contributed by atoms with Gasteiger partial charge in [0.25, 0.3) is 0 Å². The summed E-state index contributed by atoms with van der Waals surface area (Å²) in [5.41, 5.74) is -0.943. The summed E-state index contributed by atoms with van der Waals surface area (Å²) in [7, 11) is -4.30. The van der Waals surface area contributed by atoms with Crippen LogP contribution in [-0.4, -0.2) is 25.2 Å². The average Bonchev–Trinajstić information content (AvgIpc) is 3.08. The van der Waals surface area contributed by atoms with Crippen molar-refractivity contribution in [3.05, 3.63) is 28.8 Å². The molecular weight excluding hydrogens is 307 g/mol. The Morgan fingerprint density at radius 2 is 1.81 bits per heavy atom. The molecule has 1 aliphatic rings. The summed E-state index contributed by atoms with van der Waals surface area (Å²) in [4.78, 5) is -0.229. The van der Waals surface area contributed by atoms with E-state index in [9.17, 15) is 26.7 Å². The maximum atomic E-state index is 12.9. The van der Waals surface area contributed by atoms with Crippen LogP contribution in [0, 0.1) is 13.8 Å². The van der Waals surface area contributed by atoms with Crippen LogP contribution in [0.2, 0.25) is 0 Å². The molecule has 4 nitrogen and oxygen atoms in total. The lowest BCUT2D eigenvalue weighted by Crippen LogP contribution is -2.47. The minimum atomic E-state index is -4.61. The van der Waals surface area contributed by atoms with Gasteiger partial charge in [0, 0.05) is 0 Å². The number of sulfonamides is 1. The van der Waals surface area contributed by atoms with Gasteiger partial charge in [-0.2, -0.15) is 17.9 Å². The normalized spacial score (nSPS) is 17.8. The highest BCUT2D eigenvalue weighted by Crippen LogP contribution is 2.49. The number of nitrogens with one attached hydrogen (secondary N) is 1. The van der Waals surface area contributed by atoms with Gasteiger partial charge in [0.15, 0.2) is 0 Å². The SMILES string of the molecule is Cc1cc(C)c(S(=O)(=O)NC2(C(F)(F)F)CC2)cc1CO. The predicted octanol–water partition coefficient (Wildman–Crippen LogP) is 2.17. The highest BCUT2D eigenvalue weighted by molar-refractivity contribution is 7.89. The van der Waals surface area contributed by atoms with Crippen LogP contribution in [0.15, 0.2) is 17.0 Å². The van der Waals surface area contributed by atoms with Crippen LogP contribution >= 0.6 is 0 Å². The van der Waals surface area contributed by atoms with E-state index in [1.807, 2.05) is 0 Å². The maximum absolute atomic E-state index is 12.9. The number of hydrogen-bond acceptors (Lipinski definition) is 3. The van der Waals surface area contributed by atoms with Gasteiger partial charge in [-0.25, -0.2) is 8.42 Å². The standard InChI is InChI=1S/C13H16F3NO3S/c1-8-5-9(2)11(6-10(8)7-18)21(19,20)17-12(3-4-12)13(14,15)16/h5-6,17-18H,3-4,7H2,1-2H3. The van der Waals surface area contributed by atoms with Crippen molar-refractivity contribution in [1.29, 1.82) is 0 Å². The lowest BCUT2D eigenvalue weighted by Gasteiger charge is -2.21. The van der Waals surface area contributed by atoms with Crippen molar-refractivity contribution in [3.63, 3.8) is 0 Å². The van der Waals surface area contributed by atoms with Crippen molar-refractivity contribution in [3.8, 4) is 0 Å². The van der Waals surface area contributed by atoms with E-state index >= 15 is 0 Å². The second-order valence-corrected chi connectivity index (χ2v) is 7.04. The third kappa shape index (κ3) is 2.93. The number of rotatable bonds is 4. The van der Waals surface area contributed by atoms with E-state index in [-0.39, 0.29) is 24.3 Å². The summed E-state index contributed by atoms with van der Waals surface area (Å²) in [6.07, 6.45) is -5.13. The predicted molar refractivity (Wildman–Crippen MR) is 70.2 cm³/mol. The quantitative estimate of drug-likeness (QED) is 0.892. The Labute approximate surface area is 121 Å². The third-order valence-corrected chi connectivity index (χ3v) is 5.39. The van der Waals surface area contributed by atoms with Gasteiger partial charge < -0.3 is 5.11 Å². The molecule has 0 saturated heterocycles. The van der Waals surface area contributed by atoms with Crippen molar-refractivity contribution in [2.75, 3.05) is 0 Å². The number of benzene rings is 1. The van der Waals surface area contributed by atoms with Crippen LogP contribution in [-0.2, 0) is 16.6 Å². The first-order chi connectivity index (χ1) is 9.52. The molecule has 0 aromatic heterocycles. The first kappa shape index (κ1) is 16.3. The van der Waals surface area contributed by atoms with E-state index in [1.54, 1.807) is 11.6 Å². The second kappa shape index (κ2) is 4.96. The molecule has 0 bridgehead atoms. The largest absolute Gasteiger partial charge is 0.407 e. The molecule has 0 amide bonds. The van der Waals surface area contributed by atoms with Crippen molar-refractivity contribution >= 4 is 10.0 Å². The molecule has 0 heterocycles. The minimum absolute atomic E-state index is 0.229. The third-order valence-electron chi connectivity index (χ3n) is 3.72. The first-order valence-corrected chi connectivity index (χ1v) is 7.82. The number of hydrogen-bond donors (Lipinski definition) is 2. The smallest absolute Gasteiger partial charge is 0.392 e. The molecule has 1 aromatic rings.